The number of nitrogens with one attached hydrogen (secondary N) is 1. The number of hydrogen-bond donors (Lipinski definition) is 1. The molecule has 2 aromatic carbocycles. The number of halogens is 1. The van der Waals surface area contributed by atoms with Gasteiger partial charge in [-0.05, 0) is 54.8 Å². The number of hydrogen-bond acceptors (Lipinski definition) is 3. The second kappa shape index (κ2) is 7.48. The predicted octanol–water partition coefficient (Wildman–Crippen LogP) is 4.25. The third-order valence-electron chi connectivity index (χ3n) is 4.99. The van der Waals surface area contributed by atoms with Gasteiger partial charge >= 0.3 is 0 Å². The maximum absolute atomic E-state index is 12.6. The molecule has 1 aliphatic carbocycles. The fourth-order valence-electron chi connectivity index (χ4n) is 3.49. The molecule has 0 heterocycles. The first-order valence-corrected chi connectivity index (χ1v) is 10.6. The molecule has 0 bridgehead atoms. The maximum Gasteiger partial charge on any atom is 0.240 e. The van der Waals surface area contributed by atoms with Crippen LogP contribution in [0.1, 0.15) is 31.2 Å². The molecule has 1 aliphatic rings. The zero-order valence-corrected chi connectivity index (χ0v) is 16.6. The van der Waals surface area contributed by atoms with Gasteiger partial charge in [-0.1, -0.05) is 40.9 Å². The van der Waals surface area contributed by atoms with Crippen molar-refractivity contribution in [1.82, 2.24) is 4.72 Å². The summed E-state index contributed by atoms with van der Waals surface area (Å²) in [7, 11) is -1.87. The smallest absolute Gasteiger partial charge is 0.240 e. The Bertz CT molecular complexity index is 811. The van der Waals surface area contributed by atoms with Gasteiger partial charge in [-0.25, -0.2) is 13.1 Å². The second-order valence-electron chi connectivity index (χ2n) is 6.49. The van der Waals surface area contributed by atoms with E-state index < -0.39 is 10.0 Å². The molecule has 0 aromatic heterocycles. The van der Waals surface area contributed by atoms with Crippen LogP contribution in [0, 0.1) is 0 Å². The van der Waals surface area contributed by atoms with Gasteiger partial charge in [0.15, 0.2) is 0 Å². The largest absolute Gasteiger partial charge is 0.497 e. The summed E-state index contributed by atoms with van der Waals surface area (Å²) in [6, 6.07) is 14.7. The quantitative estimate of drug-likeness (QED) is 0.755. The van der Waals surface area contributed by atoms with Gasteiger partial charge in [-0.2, -0.15) is 0 Å². The van der Waals surface area contributed by atoms with Crippen LogP contribution in [0.25, 0.3) is 0 Å². The first-order chi connectivity index (χ1) is 12.0. The minimum atomic E-state index is -3.52. The number of ether oxygens (including phenoxy) is 1. The molecular formula is C19H22BrNO3S. The van der Waals surface area contributed by atoms with Crippen LogP contribution < -0.4 is 9.46 Å². The summed E-state index contributed by atoms with van der Waals surface area (Å²) in [6.07, 6.45) is 4.21. The molecule has 1 fully saturated rings. The molecule has 0 aliphatic heterocycles. The van der Waals surface area contributed by atoms with Gasteiger partial charge in [0.2, 0.25) is 10.0 Å². The highest BCUT2D eigenvalue weighted by molar-refractivity contribution is 9.10. The first kappa shape index (κ1) is 18.4. The lowest BCUT2D eigenvalue weighted by molar-refractivity contribution is 0.410. The van der Waals surface area contributed by atoms with E-state index in [4.69, 9.17) is 4.74 Å². The van der Waals surface area contributed by atoms with Crippen molar-refractivity contribution >= 4 is 26.0 Å². The highest BCUT2D eigenvalue weighted by Crippen LogP contribution is 2.41. The van der Waals surface area contributed by atoms with Crippen LogP contribution in [0.5, 0.6) is 5.75 Å². The molecule has 134 valence electrons. The molecule has 0 amide bonds. The summed E-state index contributed by atoms with van der Waals surface area (Å²) in [6.45, 7) is 0.414. The fraction of sp³-hybridized carbons (Fsp3) is 0.368. The van der Waals surface area contributed by atoms with E-state index in [1.54, 1.807) is 31.4 Å². The normalized spacial score (nSPS) is 16.7. The Kier molecular flexibility index (Phi) is 5.51. The Morgan fingerprint density at radius 1 is 1.04 bits per heavy atom. The van der Waals surface area contributed by atoms with Gasteiger partial charge in [0.25, 0.3) is 0 Å². The molecular weight excluding hydrogens is 402 g/mol. The van der Waals surface area contributed by atoms with Crippen molar-refractivity contribution in [3.63, 3.8) is 0 Å². The molecule has 1 saturated carbocycles. The number of sulfonamides is 1. The highest BCUT2D eigenvalue weighted by atomic mass is 79.9. The van der Waals surface area contributed by atoms with Gasteiger partial charge in [0.05, 0.1) is 12.0 Å². The van der Waals surface area contributed by atoms with Crippen LogP contribution in [0.3, 0.4) is 0 Å². The van der Waals surface area contributed by atoms with Gasteiger partial charge in [-0.15, -0.1) is 0 Å². The summed E-state index contributed by atoms with van der Waals surface area (Å²) in [5, 5.41) is 0. The topological polar surface area (TPSA) is 55.4 Å². The van der Waals surface area contributed by atoms with Gasteiger partial charge < -0.3 is 4.74 Å². The van der Waals surface area contributed by atoms with E-state index in [0.29, 0.717) is 11.4 Å². The lowest BCUT2D eigenvalue weighted by Crippen LogP contribution is -2.39. The third-order valence-corrected chi connectivity index (χ3v) is 6.93. The van der Waals surface area contributed by atoms with Crippen molar-refractivity contribution in [3.8, 4) is 5.75 Å². The van der Waals surface area contributed by atoms with Crippen LogP contribution in [0.2, 0.25) is 0 Å². The Balaban J connectivity index is 1.81. The van der Waals surface area contributed by atoms with E-state index in [2.05, 4.69) is 32.8 Å². The lowest BCUT2D eigenvalue weighted by atomic mass is 9.79. The fourth-order valence-corrected chi connectivity index (χ4v) is 4.89. The summed E-state index contributed by atoms with van der Waals surface area (Å²) in [5.41, 5.74) is 1.03. The zero-order valence-electron chi connectivity index (χ0n) is 14.2. The molecule has 1 N–H and O–H groups in total. The summed E-state index contributed by atoms with van der Waals surface area (Å²) >= 11 is 3.33. The van der Waals surface area contributed by atoms with Crippen molar-refractivity contribution in [2.75, 3.05) is 13.7 Å². The van der Waals surface area contributed by atoms with Crippen molar-refractivity contribution in [3.05, 3.63) is 58.6 Å². The molecule has 2 aromatic rings. The van der Waals surface area contributed by atoms with Crippen LogP contribution in [-0.4, -0.2) is 22.1 Å². The van der Waals surface area contributed by atoms with Crippen LogP contribution >= 0.6 is 15.9 Å². The Morgan fingerprint density at radius 3 is 2.20 bits per heavy atom. The lowest BCUT2D eigenvalue weighted by Gasteiger charge is -2.30. The SMILES string of the molecule is COc1ccc(C2(CNS(=O)(=O)c3ccc(Br)cc3)CCCC2)cc1. The molecule has 0 saturated heterocycles. The van der Waals surface area contributed by atoms with Crippen molar-refractivity contribution < 1.29 is 13.2 Å². The van der Waals surface area contributed by atoms with E-state index in [9.17, 15) is 8.42 Å². The summed E-state index contributed by atoms with van der Waals surface area (Å²) in [4.78, 5) is 0.290. The summed E-state index contributed by atoms with van der Waals surface area (Å²) < 4.78 is 34.2. The van der Waals surface area contributed by atoms with E-state index in [1.807, 2.05) is 12.1 Å². The molecule has 0 spiro atoms. The first-order valence-electron chi connectivity index (χ1n) is 8.35. The highest BCUT2D eigenvalue weighted by Gasteiger charge is 2.36. The molecule has 25 heavy (non-hydrogen) atoms. The minimum absolute atomic E-state index is 0.144. The molecule has 0 unspecified atom stereocenters. The number of methoxy groups -OCH3 is 1. The average Bonchev–Trinajstić information content (AvgIpc) is 3.11. The number of benzene rings is 2. The van der Waals surface area contributed by atoms with Crippen molar-refractivity contribution in [2.24, 2.45) is 0 Å². The van der Waals surface area contributed by atoms with Gasteiger partial charge in [-0.3, -0.25) is 0 Å². The molecule has 6 heteroatoms. The zero-order chi connectivity index (χ0) is 17.9. The van der Waals surface area contributed by atoms with Gasteiger partial charge in [0, 0.05) is 16.4 Å². The molecule has 3 rings (SSSR count). The van der Waals surface area contributed by atoms with E-state index >= 15 is 0 Å². The second-order valence-corrected chi connectivity index (χ2v) is 9.18. The monoisotopic (exact) mass is 423 g/mol. The van der Waals surface area contributed by atoms with Gasteiger partial charge in [0.1, 0.15) is 5.75 Å². The minimum Gasteiger partial charge on any atom is -0.497 e. The van der Waals surface area contributed by atoms with E-state index in [1.165, 1.54) is 5.56 Å². The predicted molar refractivity (Wildman–Crippen MR) is 102 cm³/mol. The Labute approximate surface area is 157 Å². The molecule has 0 atom stereocenters. The molecule has 0 radical (unpaired) electrons. The van der Waals surface area contributed by atoms with E-state index in [-0.39, 0.29) is 5.41 Å². The maximum atomic E-state index is 12.6. The van der Waals surface area contributed by atoms with Crippen LogP contribution in [-0.2, 0) is 15.4 Å². The average molecular weight is 424 g/mol. The standard InChI is InChI=1S/C19H22BrNO3S/c1-24-17-8-4-15(5-9-17)19(12-2-3-13-19)14-21-25(22,23)18-10-6-16(20)7-11-18/h4-11,21H,2-3,12-14H2,1H3. The van der Waals surface area contributed by atoms with E-state index in [0.717, 1.165) is 35.9 Å². The van der Waals surface area contributed by atoms with Crippen LogP contribution in [0.15, 0.2) is 57.9 Å². The summed E-state index contributed by atoms with van der Waals surface area (Å²) in [5.74, 6) is 0.812. The number of rotatable bonds is 6. The third kappa shape index (κ3) is 4.07. The van der Waals surface area contributed by atoms with Crippen molar-refractivity contribution in [2.45, 2.75) is 36.0 Å². The Morgan fingerprint density at radius 2 is 1.64 bits per heavy atom. The molecule has 4 nitrogen and oxygen atoms in total. The van der Waals surface area contributed by atoms with Crippen LogP contribution in [0.4, 0.5) is 0 Å². The van der Waals surface area contributed by atoms with Crippen molar-refractivity contribution in [1.29, 1.82) is 0 Å². The Hall–Kier alpha value is -1.37.